The molecule has 0 spiro atoms. The van der Waals surface area contributed by atoms with E-state index in [0.29, 0.717) is 31.9 Å². The van der Waals surface area contributed by atoms with Gasteiger partial charge in [0.15, 0.2) is 0 Å². The van der Waals surface area contributed by atoms with Crippen LogP contribution >= 0.6 is 0 Å². The van der Waals surface area contributed by atoms with Crippen LogP contribution in [0.5, 0.6) is 0 Å². The van der Waals surface area contributed by atoms with Crippen LogP contribution < -0.4 is 5.32 Å². The van der Waals surface area contributed by atoms with Crippen molar-refractivity contribution in [1.82, 2.24) is 4.90 Å². The van der Waals surface area contributed by atoms with Crippen molar-refractivity contribution in [3.8, 4) is 0 Å². The fourth-order valence-corrected chi connectivity index (χ4v) is 3.42. The number of nitrogens with one attached hydrogen (secondary N) is 1. The summed E-state index contributed by atoms with van der Waals surface area (Å²) in [6.07, 6.45) is 2.42. The highest BCUT2D eigenvalue weighted by atomic mass is 19.1. The zero-order valence-electron chi connectivity index (χ0n) is 13.0. The third-order valence-electron chi connectivity index (χ3n) is 4.55. The topological polar surface area (TPSA) is 58.6 Å². The van der Waals surface area contributed by atoms with E-state index in [-0.39, 0.29) is 36.0 Å². The number of morpholine rings is 1. The molecule has 23 heavy (non-hydrogen) atoms. The molecular weight excluding hydrogens is 299 g/mol. The number of carbonyl (C=O) groups excluding carboxylic acids is 2. The first kappa shape index (κ1) is 16.1. The molecular formula is C17H21FN2O3. The maximum Gasteiger partial charge on any atom is 0.238 e. The van der Waals surface area contributed by atoms with Crippen LogP contribution in [0, 0.1) is 11.7 Å². The lowest BCUT2D eigenvalue weighted by Crippen LogP contribution is -2.52. The van der Waals surface area contributed by atoms with Crippen molar-refractivity contribution >= 4 is 17.4 Å². The number of anilines is 1. The molecule has 0 bridgehead atoms. The van der Waals surface area contributed by atoms with E-state index in [2.05, 4.69) is 5.32 Å². The summed E-state index contributed by atoms with van der Waals surface area (Å²) in [6.45, 7) is 1.87. The van der Waals surface area contributed by atoms with Crippen molar-refractivity contribution in [2.45, 2.75) is 25.3 Å². The number of carbonyl (C=O) groups is 2. The molecule has 1 N–H and O–H groups in total. The Labute approximate surface area is 134 Å². The summed E-state index contributed by atoms with van der Waals surface area (Å²) in [5, 5.41) is 2.71. The lowest BCUT2D eigenvalue weighted by Gasteiger charge is -2.37. The van der Waals surface area contributed by atoms with Crippen LogP contribution in [0.15, 0.2) is 24.3 Å². The van der Waals surface area contributed by atoms with Crippen molar-refractivity contribution in [3.05, 3.63) is 30.1 Å². The van der Waals surface area contributed by atoms with E-state index >= 15 is 0 Å². The van der Waals surface area contributed by atoms with Gasteiger partial charge in [0.05, 0.1) is 19.8 Å². The standard InChI is InChI=1S/C17H21FN2O3/c18-12-3-1-4-13(9-12)19-17(22)10-20-7-8-23-11-15(20)14-5-2-6-16(14)21/h1,3-4,9,14-15H,2,5-8,10-11H2,(H,19,22)/t14-,15+/m0/s1. The molecule has 2 aliphatic rings. The maximum absolute atomic E-state index is 13.2. The van der Waals surface area contributed by atoms with Gasteiger partial charge in [-0.2, -0.15) is 0 Å². The second-order valence-electron chi connectivity index (χ2n) is 6.14. The summed E-state index contributed by atoms with van der Waals surface area (Å²) >= 11 is 0. The number of hydrogen-bond acceptors (Lipinski definition) is 4. The smallest absolute Gasteiger partial charge is 0.238 e. The van der Waals surface area contributed by atoms with Gasteiger partial charge in [-0.25, -0.2) is 4.39 Å². The third-order valence-corrected chi connectivity index (χ3v) is 4.55. The van der Waals surface area contributed by atoms with E-state index in [1.807, 2.05) is 4.90 Å². The van der Waals surface area contributed by atoms with Crippen LogP contribution in [0.3, 0.4) is 0 Å². The SMILES string of the molecule is O=C(CN1CCOC[C@@H]1[C@@H]1CCCC1=O)Nc1cccc(F)c1. The minimum Gasteiger partial charge on any atom is -0.378 e. The molecule has 1 saturated heterocycles. The van der Waals surface area contributed by atoms with Crippen LogP contribution in [0.1, 0.15) is 19.3 Å². The Morgan fingerprint density at radius 3 is 3.04 bits per heavy atom. The average molecular weight is 320 g/mol. The fourth-order valence-electron chi connectivity index (χ4n) is 3.42. The maximum atomic E-state index is 13.2. The third kappa shape index (κ3) is 3.95. The number of hydrogen-bond donors (Lipinski definition) is 1. The lowest BCUT2D eigenvalue weighted by molar-refractivity contribution is -0.128. The Bertz CT molecular complexity index is 593. The van der Waals surface area contributed by atoms with E-state index < -0.39 is 0 Å². The summed E-state index contributed by atoms with van der Waals surface area (Å²) < 4.78 is 18.7. The highest BCUT2D eigenvalue weighted by Gasteiger charge is 2.37. The summed E-state index contributed by atoms with van der Waals surface area (Å²) in [5.74, 6) is -0.343. The van der Waals surface area contributed by atoms with Crippen molar-refractivity contribution in [3.63, 3.8) is 0 Å². The summed E-state index contributed by atoms with van der Waals surface area (Å²) in [5.41, 5.74) is 0.441. The zero-order valence-corrected chi connectivity index (χ0v) is 13.0. The molecule has 1 amide bonds. The van der Waals surface area contributed by atoms with E-state index in [4.69, 9.17) is 4.74 Å². The van der Waals surface area contributed by atoms with Crippen molar-refractivity contribution in [2.24, 2.45) is 5.92 Å². The van der Waals surface area contributed by atoms with E-state index in [0.717, 1.165) is 12.8 Å². The molecule has 1 saturated carbocycles. The highest BCUT2D eigenvalue weighted by Crippen LogP contribution is 2.29. The Morgan fingerprint density at radius 2 is 2.30 bits per heavy atom. The van der Waals surface area contributed by atoms with Gasteiger partial charge in [0.1, 0.15) is 11.6 Å². The van der Waals surface area contributed by atoms with Crippen molar-refractivity contribution in [1.29, 1.82) is 0 Å². The van der Waals surface area contributed by atoms with Gasteiger partial charge in [-0.15, -0.1) is 0 Å². The predicted molar refractivity (Wildman–Crippen MR) is 83.6 cm³/mol. The Balaban J connectivity index is 1.62. The van der Waals surface area contributed by atoms with Gasteiger partial charge in [0.25, 0.3) is 0 Å². The fraction of sp³-hybridized carbons (Fsp3) is 0.529. The molecule has 6 heteroatoms. The van der Waals surface area contributed by atoms with Gasteiger partial charge in [-0.1, -0.05) is 6.07 Å². The summed E-state index contributed by atoms with van der Waals surface area (Å²) in [6, 6.07) is 5.80. The number of ether oxygens (including phenoxy) is 1. The van der Waals surface area contributed by atoms with Gasteiger partial charge in [-0.3, -0.25) is 14.5 Å². The number of nitrogens with zero attached hydrogens (tertiary/aromatic N) is 1. The van der Waals surface area contributed by atoms with Gasteiger partial charge in [0.2, 0.25) is 5.91 Å². The van der Waals surface area contributed by atoms with Crippen molar-refractivity contribution in [2.75, 3.05) is 31.6 Å². The largest absolute Gasteiger partial charge is 0.378 e. The molecule has 1 aromatic rings. The molecule has 0 unspecified atom stereocenters. The molecule has 1 aliphatic carbocycles. The van der Waals surface area contributed by atoms with E-state index in [1.54, 1.807) is 12.1 Å². The average Bonchev–Trinajstić information content (AvgIpc) is 2.94. The second kappa shape index (κ2) is 7.19. The van der Waals surface area contributed by atoms with Gasteiger partial charge < -0.3 is 10.1 Å². The van der Waals surface area contributed by atoms with Crippen molar-refractivity contribution < 1.29 is 18.7 Å². The highest BCUT2D eigenvalue weighted by molar-refractivity contribution is 5.92. The number of halogens is 1. The minimum absolute atomic E-state index is 0.0303. The van der Waals surface area contributed by atoms with E-state index in [9.17, 15) is 14.0 Å². The van der Waals surface area contributed by atoms with Crippen LogP contribution in [0.2, 0.25) is 0 Å². The number of rotatable bonds is 4. The molecule has 5 nitrogen and oxygen atoms in total. The second-order valence-corrected chi connectivity index (χ2v) is 6.14. The molecule has 0 aromatic heterocycles. The number of ketones is 1. The number of Topliss-reactive ketones (excluding diaryl/α,β-unsaturated/α-hetero) is 1. The predicted octanol–water partition coefficient (Wildman–Crippen LogP) is 1.83. The first-order valence-electron chi connectivity index (χ1n) is 8.03. The first-order chi connectivity index (χ1) is 11.1. The van der Waals surface area contributed by atoms with Crippen LogP contribution in [-0.4, -0.2) is 48.9 Å². The summed E-state index contributed by atoms with van der Waals surface area (Å²) in [7, 11) is 0. The molecule has 124 valence electrons. The van der Waals surface area contributed by atoms with Gasteiger partial charge >= 0.3 is 0 Å². The van der Waals surface area contributed by atoms with Crippen LogP contribution in [0.25, 0.3) is 0 Å². The number of benzene rings is 1. The molecule has 1 aromatic carbocycles. The van der Waals surface area contributed by atoms with E-state index in [1.165, 1.54) is 12.1 Å². The first-order valence-corrected chi connectivity index (χ1v) is 8.03. The van der Waals surface area contributed by atoms with Gasteiger partial charge in [0, 0.05) is 30.6 Å². The minimum atomic E-state index is -0.386. The molecule has 0 radical (unpaired) electrons. The lowest BCUT2D eigenvalue weighted by atomic mass is 9.95. The molecule has 1 heterocycles. The number of amides is 1. The quantitative estimate of drug-likeness (QED) is 0.919. The Hall–Kier alpha value is -1.79. The molecule has 2 fully saturated rings. The van der Waals surface area contributed by atoms with Crippen LogP contribution in [0.4, 0.5) is 10.1 Å². The molecule has 3 rings (SSSR count). The molecule has 2 atom stereocenters. The summed E-state index contributed by atoms with van der Waals surface area (Å²) in [4.78, 5) is 26.3. The zero-order chi connectivity index (χ0) is 16.2. The van der Waals surface area contributed by atoms with Gasteiger partial charge in [-0.05, 0) is 31.0 Å². The Kier molecular flexibility index (Phi) is 5.03. The Morgan fingerprint density at radius 1 is 1.43 bits per heavy atom. The molecule has 1 aliphatic heterocycles. The monoisotopic (exact) mass is 320 g/mol. The normalized spacial score (nSPS) is 25.5. The van der Waals surface area contributed by atoms with Crippen LogP contribution in [-0.2, 0) is 14.3 Å².